The van der Waals surface area contributed by atoms with Crippen LogP contribution in [0.15, 0.2) is 36.5 Å². The Balaban J connectivity index is 2.47. The summed E-state index contributed by atoms with van der Waals surface area (Å²) >= 11 is 0. The Hall–Kier alpha value is -2.08. The molecule has 2 aromatic rings. The fourth-order valence-electron chi connectivity index (χ4n) is 2.16. The lowest BCUT2D eigenvalue weighted by Gasteiger charge is -2.29. The van der Waals surface area contributed by atoms with E-state index in [2.05, 4.69) is 35.9 Å². The molecule has 2 rings (SSSR count). The first kappa shape index (κ1) is 12.4. The summed E-state index contributed by atoms with van der Waals surface area (Å²) in [5.74, 6) is 0. The molecule has 0 aliphatic rings. The Bertz CT molecular complexity index is 564. The SMILES string of the molecule is CC(C)N(CCC#N)c1ccnc2ccccc12. The molecule has 18 heavy (non-hydrogen) atoms. The maximum Gasteiger partial charge on any atom is 0.0722 e. The predicted octanol–water partition coefficient (Wildman–Crippen LogP) is 3.36. The number of anilines is 1. The zero-order chi connectivity index (χ0) is 13.0. The van der Waals surface area contributed by atoms with E-state index in [0.29, 0.717) is 12.5 Å². The Morgan fingerprint density at radius 1 is 1.28 bits per heavy atom. The van der Waals surface area contributed by atoms with Crippen LogP contribution in [0.3, 0.4) is 0 Å². The standard InChI is InChI=1S/C15H17N3/c1-12(2)18(11-5-9-16)15-8-10-17-14-7-4-3-6-13(14)15/h3-4,6-8,10,12H,5,11H2,1-2H3. The van der Waals surface area contributed by atoms with E-state index in [1.807, 2.05) is 30.5 Å². The van der Waals surface area contributed by atoms with Crippen LogP contribution in [0.2, 0.25) is 0 Å². The molecule has 1 heterocycles. The zero-order valence-electron chi connectivity index (χ0n) is 10.8. The minimum absolute atomic E-state index is 0.365. The number of hydrogen-bond acceptors (Lipinski definition) is 3. The Kier molecular flexibility index (Phi) is 3.78. The van der Waals surface area contributed by atoms with Crippen molar-refractivity contribution in [2.75, 3.05) is 11.4 Å². The molecule has 0 spiro atoms. The number of pyridine rings is 1. The molecule has 0 radical (unpaired) electrons. The van der Waals surface area contributed by atoms with Crippen LogP contribution in [0.1, 0.15) is 20.3 Å². The zero-order valence-corrected chi connectivity index (χ0v) is 10.8. The second-order valence-electron chi connectivity index (χ2n) is 4.54. The van der Waals surface area contributed by atoms with Gasteiger partial charge in [0.15, 0.2) is 0 Å². The number of aromatic nitrogens is 1. The van der Waals surface area contributed by atoms with Crippen molar-refractivity contribution in [1.29, 1.82) is 5.26 Å². The first-order chi connectivity index (χ1) is 8.74. The quantitative estimate of drug-likeness (QED) is 0.821. The minimum atomic E-state index is 0.365. The van der Waals surface area contributed by atoms with Crippen molar-refractivity contribution in [2.24, 2.45) is 0 Å². The van der Waals surface area contributed by atoms with Gasteiger partial charge < -0.3 is 4.90 Å². The molecule has 0 aliphatic heterocycles. The van der Waals surface area contributed by atoms with Gasteiger partial charge in [-0.25, -0.2) is 0 Å². The van der Waals surface area contributed by atoms with E-state index >= 15 is 0 Å². The fraction of sp³-hybridized carbons (Fsp3) is 0.333. The fourth-order valence-corrected chi connectivity index (χ4v) is 2.16. The molecule has 0 bridgehead atoms. The van der Waals surface area contributed by atoms with Gasteiger partial charge in [0.1, 0.15) is 0 Å². The van der Waals surface area contributed by atoms with Gasteiger partial charge in [-0.1, -0.05) is 18.2 Å². The number of benzene rings is 1. The summed E-state index contributed by atoms with van der Waals surface area (Å²) in [6.07, 6.45) is 2.37. The van der Waals surface area contributed by atoms with Gasteiger partial charge in [-0.3, -0.25) is 4.98 Å². The predicted molar refractivity (Wildman–Crippen MR) is 74.5 cm³/mol. The molecule has 92 valence electrons. The summed E-state index contributed by atoms with van der Waals surface area (Å²) in [5.41, 5.74) is 2.16. The van der Waals surface area contributed by atoms with E-state index in [9.17, 15) is 0 Å². The normalized spacial score (nSPS) is 10.6. The lowest BCUT2D eigenvalue weighted by atomic mass is 10.1. The smallest absolute Gasteiger partial charge is 0.0722 e. The summed E-state index contributed by atoms with van der Waals surface area (Å²) in [4.78, 5) is 6.63. The third-order valence-electron chi connectivity index (χ3n) is 3.02. The molecule has 0 unspecified atom stereocenters. The molecule has 0 aliphatic carbocycles. The number of nitrogens with zero attached hydrogens (tertiary/aromatic N) is 3. The van der Waals surface area contributed by atoms with Gasteiger partial charge in [-0.15, -0.1) is 0 Å². The van der Waals surface area contributed by atoms with Crippen molar-refractivity contribution in [2.45, 2.75) is 26.3 Å². The van der Waals surface area contributed by atoms with Crippen molar-refractivity contribution in [1.82, 2.24) is 4.98 Å². The van der Waals surface area contributed by atoms with Gasteiger partial charge in [-0.05, 0) is 26.0 Å². The van der Waals surface area contributed by atoms with Crippen LogP contribution >= 0.6 is 0 Å². The number of para-hydroxylation sites is 1. The van der Waals surface area contributed by atoms with E-state index in [1.165, 1.54) is 0 Å². The molecule has 0 saturated carbocycles. The molecule has 0 saturated heterocycles. The first-order valence-corrected chi connectivity index (χ1v) is 6.21. The lowest BCUT2D eigenvalue weighted by Crippen LogP contribution is -2.31. The molecule has 0 fully saturated rings. The van der Waals surface area contributed by atoms with Crippen molar-refractivity contribution in [3.8, 4) is 6.07 Å². The average Bonchev–Trinajstić information content (AvgIpc) is 2.39. The van der Waals surface area contributed by atoms with Crippen molar-refractivity contribution < 1.29 is 0 Å². The van der Waals surface area contributed by atoms with Gasteiger partial charge in [0.25, 0.3) is 0 Å². The van der Waals surface area contributed by atoms with Crippen LogP contribution in [0.5, 0.6) is 0 Å². The highest BCUT2D eigenvalue weighted by molar-refractivity contribution is 5.91. The molecule has 0 N–H and O–H groups in total. The number of hydrogen-bond donors (Lipinski definition) is 0. The van der Waals surface area contributed by atoms with Crippen LogP contribution in [0, 0.1) is 11.3 Å². The molecule has 1 aromatic heterocycles. The number of rotatable bonds is 4. The molecule has 0 amide bonds. The molecule has 3 nitrogen and oxygen atoms in total. The highest BCUT2D eigenvalue weighted by Crippen LogP contribution is 2.26. The third kappa shape index (κ3) is 2.43. The van der Waals surface area contributed by atoms with Gasteiger partial charge >= 0.3 is 0 Å². The van der Waals surface area contributed by atoms with E-state index in [4.69, 9.17) is 5.26 Å². The highest BCUT2D eigenvalue weighted by Gasteiger charge is 2.13. The topological polar surface area (TPSA) is 39.9 Å². The summed E-state index contributed by atoms with van der Waals surface area (Å²) in [6, 6.07) is 12.7. The van der Waals surface area contributed by atoms with Crippen molar-refractivity contribution >= 4 is 16.6 Å². The Morgan fingerprint density at radius 3 is 2.78 bits per heavy atom. The molecular formula is C15H17N3. The van der Waals surface area contributed by atoms with Crippen LogP contribution in [0.4, 0.5) is 5.69 Å². The second kappa shape index (κ2) is 5.50. The van der Waals surface area contributed by atoms with Crippen molar-refractivity contribution in [3.63, 3.8) is 0 Å². The Morgan fingerprint density at radius 2 is 2.06 bits per heavy atom. The largest absolute Gasteiger partial charge is 0.367 e. The molecule has 3 heteroatoms. The highest BCUT2D eigenvalue weighted by atomic mass is 15.2. The van der Waals surface area contributed by atoms with E-state index in [1.54, 1.807) is 0 Å². The van der Waals surface area contributed by atoms with Gasteiger partial charge in [-0.2, -0.15) is 5.26 Å². The lowest BCUT2D eigenvalue weighted by molar-refractivity contribution is 0.689. The van der Waals surface area contributed by atoms with Crippen LogP contribution < -0.4 is 4.90 Å². The van der Waals surface area contributed by atoms with Crippen LogP contribution in [-0.2, 0) is 0 Å². The molecule has 1 aromatic carbocycles. The average molecular weight is 239 g/mol. The number of fused-ring (bicyclic) bond motifs is 1. The van der Waals surface area contributed by atoms with E-state index in [0.717, 1.165) is 23.1 Å². The van der Waals surface area contributed by atoms with Gasteiger partial charge in [0.2, 0.25) is 0 Å². The number of nitriles is 1. The summed E-state index contributed by atoms with van der Waals surface area (Å²) in [6.45, 7) is 5.04. The maximum atomic E-state index is 8.77. The minimum Gasteiger partial charge on any atom is -0.367 e. The summed E-state index contributed by atoms with van der Waals surface area (Å²) < 4.78 is 0. The first-order valence-electron chi connectivity index (χ1n) is 6.21. The van der Waals surface area contributed by atoms with E-state index < -0.39 is 0 Å². The summed E-state index contributed by atoms with van der Waals surface area (Å²) in [7, 11) is 0. The molecular weight excluding hydrogens is 222 g/mol. The third-order valence-corrected chi connectivity index (χ3v) is 3.02. The van der Waals surface area contributed by atoms with Crippen LogP contribution in [-0.4, -0.2) is 17.6 Å². The second-order valence-corrected chi connectivity index (χ2v) is 4.54. The van der Waals surface area contributed by atoms with Gasteiger partial charge in [0, 0.05) is 29.9 Å². The van der Waals surface area contributed by atoms with E-state index in [-0.39, 0.29) is 0 Å². The molecule has 0 atom stereocenters. The Labute approximate surface area is 108 Å². The van der Waals surface area contributed by atoms with Crippen LogP contribution in [0.25, 0.3) is 10.9 Å². The van der Waals surface area contributed by atoms with Gasteiger partial charge in [0.05, 0.1) is 18.0 Å². The monoisotopic (exact) mass is 239 g/mol. The summed E-state index contributed by atoms with van der Waals surface area (Å²) in [5, 5.41) is 9.91. The maximum absolute atomic E-state index is 8.77. The van der Waals surface area contributed by atoms with Crippen molar-refractivity contribution in [3.05, 3.63) is 36.5 Å².